The maximum Gasteiger partial charge on any atom is 0.573 e. The average molecular weight is 418 g/mol. The molecule has 3 amide bonds. The number of carbonyl (C=O) groups is 2. The Kier molecular flexibility index (Phi) is 4.44. The lowest BCUT2D eigenvalue weighted by molar-refractivity contribution is -0.274. The Balaban J connectivity index is 1.63. The van der Waals surface area contributed by atoms with Crippen molar-refractivity contribution in [3.63, 3.8) is 0 Å². The smallest absolute Gasteiger partial charge is 0.406 e. The van der Waals surface area contributed by atoms with Crippen LogP contribution < -0.4 is 9.64 Å². The predicted molar refractivity (Wildman–Crippen MR) is 102 cm³/mol. The molecule has 7 nitrogen and oxygen atoms in total. The normalized spacial score (nSPS) is 16.6. The largest absolute Gasteiger partial charge is 0.573 e. The number of fused-ring (bicyclic) bond motifs is 1. The number of halogens is 3. The molecule has 4 rings (SSSR count). The van der Waals surface area contributed by atoms with E-state index >= 15 is 0 Å². The zero-order valence-electron chi connectivity index (χ0n) is 16.0. The Morgan fingerprint density at radius 1 is 1.10 bits per heavy atom. The van der Waals surface area contributed by atoms with Crippen molar-refractivity contribution in [2.45, 2.75) is 32.3 Å². The average Bonchev–Trinajstić information content (AvgIpc) is 3.20. The summed E-state index contributed by atoms with van der Waals surface area (Å²) in [6, 6.07) is 7.66. The van der Waals surface area contributed by atoms with Crippen molar-refractivity contribution < 1.29 is 27.5 Å². The summed E-state index contributed by atoms with van der Waals surface area (Å²) < 4.78 is 40.9. The predicted octanol–water partition coefficient (Wildman–Crippen LogP) is 4.21. The van der Waals surface area contributed by atoms with Crippen molar-refractivity contribution in [2.75, 3.05) is 4.90 Å². The van der Waals surface area contributed by atoms with Crippen molar-refractivity contribution >= 4 is 28.7 Å². The lowest BCUT2D eigenvalue weighted by atomic mass is 10.0. The highest BCUT2D eigenvalue weighted by Crippen LogP contribution is 2.35. The second kappa shape index (κ2) is 6.75. The van der Waals surface area contributed by atoms with Crippen LogP contribution in [0.3, 0.4) is 0 Å². The van der Waals surface area contributed by atoms with Gasteiger partial charge in [-0.05, 0) is 55.8 Å². The molecule has 0 spiro atoms. The molecule has 2 aromatic heterocycles. The van der Waals surface area contributed by atoms with Gasteiger partial charge in [0.2, 0.25) is 0 Å². The summed E-state index contributed by atoms with van der Waals surface area (Å²) in [6.07, 6.45) is -1.48. The number of aromatic nitrogens is 2. The van der Waals surface area contributed by atoms with Gasteiger partial charge in [0.15, 0.2) is 0 Å². The first-order valence-corrected chi connectivity index (χ1v) is 9.01. The van der Waals surface area contributed by atoms with Crippen LogP contribution in [0.25, 0.3) is 11.0 Å². The number of urea groups is 1. The van der Waals surface area contributed by atoms with E-state index in [1.807, 2.05) is 6.07 Å². The van der Waals surface area contributed by atoms with Gasteiger partial charge >= 0.3 is 12.4 Å². The third kappa shape index (κ3) is 3.34. The van der Waals surface area contributed by atoms with Gasteiger partial charge in [-0.3, -0.25) is 4.79 Å². The molecule has 3 heterocycles. The maximum atomic E-state index is 13.1. The summed E-state index contributed by atoms with van der Waals surface area (Å²) >= 11 is 0. The molecular weight excluding hydrogens is 401 g/mol. The molecule has 1 saturated heterocycles. The molecule has 0 saturated carbocycles. The van der Waals surface area contributed by atoms with Crippen LogP contribution in [0.5, 0.6) is 5.75 Å². The fourth-order valence-electron chi connectivity index (χ4n) is 3.45. The highest BCUT2D eigenvalue weighted by atomic mass is 19.4. The minimum absolute atomic E-state index is 0.164. The fourth-order valence-corrected chi connectivity index (χ4v) is 3.45. The molecule has 1 N–H and O–H groups in total. The SMILES string of the molecule is CC1(C)C(=O)N(c2ccc(OC(F)(F)F)cc2)C(=O)N1Cc1ccnc2[nH]ccc12. The van der Waals surface area contributed by atoms with Crippen LogP contribution in [-0.4, -0.2) is 38.7 Å². The molecule has 0 bridgehead atoms. The van der Waals surface area contributed by atoms with Crippen molar-refractivity contribution in [1.29, 1.82) is 0 Å². The van der Waals surface area contributed by atoms with Gasteiger partial charge in [0.25, 0.3) is 5.91 Å². The van der Waals surface area contributed by atoms with Gasteiger partial charge in [0.1, 0.15) is 16.9 Å². The van der Waals surface area contributed by atoms with Crippen LogP contribution in [0.2, 0.25) is 0 Å². The van der Waals surface area contributed by atoms with Gasteiger partial charge in [0.05, 0.1) is 5.69 Å². The molecule has 10 heteroatoms. The van der Waals surface area contributed by atoms with E-state index in [1.165, 1.54) is 17.0 Å². The summed E-state index contributed by atoms with van der Waals surface area (Å²) in [5.74, 6) is -0.913. The number of H-pyrrole nitrogens is 1. The van der Waals surface area contributed by atoms with E-state index in [4.69, 9.17) is 0 Å². The summed E-state index contributed by atoms with van der Waals surface area (Å²) in [7, 11) is 0. The van der Waals surface area contributed by atoms with Gasteiger partial charge in [-0.2, -0.15) is 0 Å². The van der Waals surface area contributed by atoms with E-state index in [0.29, 0.717) is 5.65 Å². The third-order valence-corrected chi connectivity index (χ3v) is 5.03. The van der Waals surface area contributed by atoms with Gasteiger partial charge in [0, 0.05) is 24.3 Å². The molecule has 1 aliphatic rings. The Hall–Kier alpha value is -3.56. The van der Waals surface area contributed by atoms with Crippen molar-refractivity contribution in [2.24, 2.45) is 0 Å². The number of nitrogens with one attached hydrogen (secondary N) is 1. The number of amides is 3. The highest BCUT2D eigenvalue weighted by molar-refractivity contribution is 6.23. The lowest BCUT2D eigenvalue weighted by Gasteiger charge is -2.27. The molecule has 0 atom stereocenters. The highest BCUT2D eigenvalue weighted by Gasteiger charge is 2.51. The molecule has 1 aliphatic heterocycles. The monoisotopic (exact) mass is 418 g/mol. The molecule has 0 radical (unpaired) electrons. The number of alkyl halides is 3. The number of rotatable bonds is 4. The zero-order valence-corrected chi connectivity index (χ0v) is 16.0. The number of hydrogen-bond acceptors (Lipinski definition) is 4. The standard InChI is InChI=1S/C20H17F3N4O3/c1-19(2)17(28)27(13-3-5-14(6-4-13)30-20(21,22)23)18(29)26(19)11-12-7-9-24-16-15(12)8-10-25-16/h3-10H,11H2,1-2H3,(H,24,25). The number of pyridine rings is 1. The van der Waals surface area contributed by atoms with Crippen LogP contribution in [0.4, 0.5) is 23.7 Å². The lowest BCUT2D eigenvalue weighted by Crippen LogP contribution is -2.43. The van der Waals surface area contributed by atoms with Gasteiger partial charge in [-0.1, -0.05) is 0 Å². The van der Waals surface area contributed by atoms with Crippen LogP contribution in [0.15, 0.2) is 48.8 Å². The van der Waals surface area contributed by atoms with Crippen molar-refractivity contribution in [3.8, 4) is 5.75 Å². The summed E-state index contributed by atoms with van der Waals surface area (Å²) in [5, 5.41) is 0.834. The number of imide groups is 1. The Bertz CT molecular complexity index is 1120. The van der Waals surface area contributed by atoms with E-state index in [1.54, 1.807) is 32.3 Å². The topological polar surface area (TPSA) is 78.5 Å². The van der Waals surface area contributed by atoms with Crippen LogP contribution in [-0.2, 0) is 11.3 Å². The van der Waals surface area contributed by atoms with E-state index in [2.05, 4.69) is 14.7 Å². The van der Waals surface area contributed by atoms with Crippen molar-refractivity contribution in [3.05, 3.63) is 54.4 Å². The zero-order chi connectivity index (χ0) is 21.7. The number of anilines is 1. The second-order valence-corrected chi connectivity index (χ2v) is 7.32. The Morgan fingerprint density at radius 2 is 1.80 bits per heavy atom. The Labute approximate surface area is 169 Å². The number of carbonyl (C=O) groups excluding carboxylic acids is 2. The van der Waals surface area contributed by atoms with E-state index in [9.17, 15) is 22.8 Å². The van der Waals surface area contributed by atoms with Gasteiger partial charge in [-0.15, -0.1) is 13.2 Å². The summed E-state index contributed by atoms with van der Waals surface area (Å²) in [4.78, 5) is 35.7. The van der Waals surface area contributed by atoms with Crippen molar-refractivity contribution in [1.82, 2.24) is 14.9 Å². The van der Waals surface area contributed by atoms with Gasteiger partial charge < -0.3 is 14.6 Å². The number of aromatic amines is 1. The quantitative estimate of drug-likeness (QED) is 0.644. The molecule has 0 aliphatic carbocycles. The van der Waals surface area contributed by atoms with Crippen LogP contribution >= 0.6 is 0 Å². The maximum absolute atomic E-state index is 13.1. The third-order valence-electron chi connectivity index (χ3n) is 5.03. The Morgan fingerprint density at radius 3 is 2.47 bits per heavy atom. The van der Waals surface area contributed by atoms with E-state index < -0.39 is 29.6 Å². The molecule has 156 valence electrons. The molecule has 1 aromatic carbocycles. The second-order valence-electron chi connectivity index (χ2n) is 7.32. The fraction of sp³-hybridized carbons (Fsp3) is 0.250. The first kappa shape index (κ1) is 19.7. The van der Waals surface area contributed by atoms with Crippen LogP contribution in [0.1, 0.15) is 19.4 Å². The van der Waals surface area contributed by atoms with Gasteiger partial charge in [-0.25, -0.2) is 14.7 Å². The first-order valence-electron chi connectivity index (χ1n) is 9.01. The number of ether oxygens (including phenoxy) is 1. The molecular formula is C20H17F3N4O3. The summed E-state index contributed by atoms with van der Waals surface area (Å²) in [6.45, 7) is 3.42. The molecule has 0 unspecified atom stereocenters. The number of hydrogen-bond donors (Lipinski definition) is 1. The first-order chi connectivity index (χ1) is 14.1. The number of benzene rings is 1. The number of nitrogens with zero attached hydrogens (tertiary/aromatic N) is 3. The minimum atomic E-state index is -4.83. The molecule has 30 heavy (non-hydrogen) atoms. The van der Waals surface area contributed by atoms with E-state index in [-0.39, 0.29) is 12.2 Å². The molecule has 3 aromatic rings. The minimum Gasteiger partial charge on any atom is -0.406 e. The molecule has 1 fully saturated rings. The van der Waals surface area contributed by atoms with E-state index in [0.717, 1.165) is 28.0 Å². The van der Waals surface area contributed by atoms with Crippen LogP contribution in [0, 0.1) is 0 Å². The summed E-state index contributed by atoms with van der Waals surface area (Å²) in [5.41, 5.74) is 0.493.